The zero-order valence-electron chi connectivity index (χ0n) is 10.6. The van der Waals surface area contributed by atoms with Crippen molar-refractivity contribution in [3.05, 3.63) is 0 Å². The molecule has 0 aromatic carbocycles. The van der Waals surface area contributed by atoms with Crippen LogP contribution in [0.3, 0.4) is 0 Å². The van der Waals surface area contributed by atoms with Gasteiger partial charge in [0, 0.05) is 12.0 Å². The van der Waals surface area contributed by atoms with Crippen LogP contribution >= 0.6 is 0 Å². The van der Waals surface area contributed by atoms with Crippen LogP contribution in [0.4, 0.5) is 0 Å². The van der Waals surface area contributed by atoms with E-state index in [1.807, 2.05) is 0 Å². The molecule has 0 aromatic heterocycles. The van der Waals surface area contributed by atoms with Crippen LogP contribution < -0.4 is 0 Å². The van der Waals surface area contributed by atoms with Gasteiger partial charge in [-0.2, -0.15) is 0 Å². The maximum atomic E-state index is 11.3. The van der Waals surface area contributed by atoms with Crippen LogP contribution in [0.1, 0.15) is 39.0 Å². The van der Waals surface area contributed by atoms with Gasteiger partial charge >= 0.3 is 5.97 Å². The lowest BCUT2D eigenvalue weighted by Crippen LogP contribution is -2.49. The summed E-state index contributed by atoms with van der Waals surface area (Å²) in [5.41, 5.74) is 0. The molecule has 2 heterocycles. The molecule has 0 spiro atoms. The average Bonchev–Trinajstić information content (AvgIpc) is 2.35. The first-order valence-electron chi connectivity index (χ1n) is 6.77. The van der Waals surface area contributed by atoms with Crippen molar-refractivity contribution in [3.63, 3.8) is 0 Å². The van der Waals surface area contributed by atoms with Crippen LogP contribution in [-0.4, -0.2) is 47.8 Å². The van der Waals surface area contributed by atoms with Gasteiger partial charge in [-0.05, 0) is 45.7 Å². The van der Waals surface area contributed by atoms with E-state index in [-0.39, 0.29) is 0 Å². The molecule has 0 saturated carbocycles. The third kappa shape index (κ3) is 3.19. The topological polar surface area (TPSA) is 49.8 Å². The minimum atomic E-state index is -0.999. The maximum absolute atomic E-state index is 11.3. The second-order valence-corrected chi connectivity index (χ2v) is 5.31. The van der Waals surface area contributed by atoms with Crippen molar-refractivity contribution in [3.8, 4) is 0 Å². The first-order valence-corrected chi connectivity index (χ1v) is 6.77. The van der Waals surface area contributed by atoms with Crippen molar-refractivity contribution in [2.45, 2.75) is 51.2 Å². The van der Waals surface area contributed by atoms with E-state index in [9.17, 15) is 4.79 Å². The van der Waals surface area contributed by atoms with Gasteiger partial charge in [-0.15, -0.1) is 0 Å². The minimum Gasteiger partial charge on any atom is -0.463 e. The highest BCUT2D eigenvalue weighted by Crippen LogP contribution is 2.30. The highest BCUT2D eigenvalue weighted by molar-refractivity contribution is 5.73. The summed E-state index contributed by atoms with van der Waals surface area (Å²) in [5, 5.41) is 9.10. The first kappa shape index (κ1) is 12.8. The second kappa shape index (κ2) is 5.83. The largest absolute Gasteiger partial charge is 0.463 e. The number of ether oxygens (including phenoxy) is 1. The molecule has 4 nitrogen and oxygen atoms in total. The lowest BCUT2D eigenvalue weighted by molar-refractivity contribution is -0.155. The summed E-state index contributed by atoms with van der Waals surface area (Å²) in [7, 11) is 0. The van der Waals surface area contributed by atoms with Gasteiger partial charge in [0.1, 0.15) is 6.10 Å². The maximum Gasteiger partial charge on any atom is 0.334 e. The van der Waals surface area contributed by atoms with Gasteiger partial charge in [0.05, 0.1) is 6.61 Å². The average molecular weight is 241 g/mol. The molecule has 0 aliphatic carbocycles. The standard InChI is InChI=1S/C13H23NO3/c1-10(15)13(16)17-9-11-5-4-8-14-7-3-2-6-12(11)14/h10-12,15H,2-9H2,1H3. The number of aliphatic hydroxyl groups excluding tert-OH is 1. The summed E-state index contributed by atoms with van der Waals surface area (Å²) in [6.45, 7) is 4.33. The Labute approximate surface area is 103 Å². The molecule has 98 valence electrons. The summed E-state index contributed by atoms with van der Waals surface area (Å²) in [6.07, 6.45) is 5.18. The molecule has 2 aliphatic heterocycles. The number of nitrogens with zero attached hydrogens (tertiary/aromatic N) is 1. The summed E-state index contributed by atoms with van der Waals surface area (Å²) in [4.78, 5) is 13.8. The molecule has 4 heteroatoms. The number of hydrogen-bond donors (Lipinski definition) is 1. The quantitative estimate of drug-likeness (QED) is 0.754. The Morgan fingerprint density at radius 3 is 2.88 bits per heavy atom. The first-order chi connectivity index (χ1) is 8.18. The van der Waals surface area contributed by atoms with Gasteiger partial charge in [-0.25, -0.2) is 4.79 Å². The highest BCUT2D eigenvalue weighted by Gasteiger charge is 2.33. The number of piperidine rings is 2. The molecule has 3 atom stereocenters. The highest BCUT2D eigenvalue weighted by atomic mass is 16.5. The van der Waals surface area contributed by atoms with Gasteiger partial charge < -0.3 is 9.84 Å². The van der Waals surface area contributed by atoms with Crippen LogP contribution in [-0.2, 0) is 9.53 Å². The molecule has 3 unspecified atom stereocenters. The fourth-order valence-corrected chi connectivity index (χ4v) is 3.08. The van der Waals surface area contributed by atoms with Gasteiger partial charge in [0.2, 0.25) is 0 Å². The number of esters is 1. The zero-order valence-corrected chi connectivity index (χ0v) is 10.6. The molecule has 0 aromatic rings. The van der Waals surface area contributed by atoms with Gasteiger partial charge in [-0.1, -0.05) is 6.42 Å². The molecule has 2 rings (SSSR count). The molecule has 1 N–H and O–H groups in total. The summed E-state index contributed by atoms with van der Waals surface area (Å²) in [6, 6.07) is 0.597. The fourth-order valence-electron chi connectivity index (χ4n) is 3.08. The van der Waals surface area contributed by atoms with E-state index < -0.39 is 12.1 Å². The summed E-state index contributed by atoms with van der Waals surface area (Å²) in [5.74, 6) is -0.0234. The van der Waals surface area contributed by atoms with Crippen LogP contribution in [0.2, 0.25) is 0 Å². The Bertz CT molecular complexity index is 265. The van der Waals surface area contributed by atoms with E-state index in [1.54, 1.807) is 0 Å². The van der Waals surface area contributed by atoms with Gasteiger partial charge in [0.25, 0.3) is 0 Å². The molecule has 0 bridgehead atoms. The lowest BCUT2D eigenvalue weighted by Gasteiger charge is -2.44. The molecule has 2 saturated heterocycles. The number of carbonyl (C=O) groups is 1. The molecular weight excluding hydrogens is 218 g/mol. The van der Waals surface area contributed by atoms with E-state index in [1.165, 1.54) is 45.7 Å². The van der Waals surface area contributed by atoms with Crippen molar-refractivity contribution in [2.75, 3.05) is 19.7 Å². The van der Waals surface area contributed by atoms with E-state index >= 15 is 0 Å². The molecule has 0 amide bonds. The Balaban J connectivity index is 1.84. The SMILES string of the molecule is CC(O)C(=O)OCC1CCCN2CCCCC12. The molecule has 0 radical (unpaired) electrons. The molecule has 2 fully saturated rings. The predicted octanol–water partition coefficient (Wildman–Crippen LogP) is 1.17. The van der Waals surface area contributed by atoms with Crippen molar-refractivity contribution < 1.29 is 14.6 Å². The normalized spacial score (nSPS) is 31.6. The second-order valence-electron chi connectivity index (χ2n) is 5.31. The predicted molar refractivity (Wildman–Crippen MR) is 64.6 cm³/mol. The third-order valence-electron chi connectivity index (χ3n) is 4.01. The number of carbonyl (C=O) groups excluding carboxylic acids is 1. The summed E-state index contributed by atoms with van der Waals surface area (Å²) < 4.78 is 5.18. The van der Waals surface area contributed by atoms with E-state index in [4.69, 9.17) is 9.84 Å². The minimum absolute atomic E-state index is 0.465. The molecular formula is C13H23NO3. The Morgan fingerprint density at radius 2 is 2.12 bits per heavy atom. The van der Waals surface area contributed by atoms with Crippen molar-refractivity contribution in [1.29, 1.82) is 0 Å². The van der Waals surface area contributed by atoms with E-state index in [0.29, 0.717) is 18.6 Å². The van der Waals surface area contributed by atoms with Crippen molar-refractivity contribution in [1.82, 2.24) is 4.90 Å². The Morgan fingerprint density at radius 1 is 1.35 bits per heavy atom. The van der Waals surface area contributed by atoms with Crippen molar-refractivity contribution in [2.24, 2.45) is 5.92 Å². The number of aliphatic hydroxyl groups is 1. The van der Waals surface area contributed by atoms with Gasteiger partial charge in [-0.3, -0.25) is 4.90 Å². The number of hydrogen-bond acceptors (Lipinski definition) is 4. The van der Waals surface area contributed by atoms with Crippen LogP contribution in [0, 0.1) is 5.92 Å². The monoisotopic (exact) mass is 241 g/mol. The van der Waals surface area contributed by atoms with Crippen LogP contribution in [0.25, 0.3) is 0 Å². The number of fused-ring (bicyclic) bond motifs is 1. The number of rotatable bonds is 3. The Hall–Kier alpha value is -0.610. The van der Waals surface area contributed by atoms with Crippen LogP contribution in [0.5, 0.6) is 0 Å². The lowest BCUT2D eigenvalue weighted by atomic mass is 9.84. The molecule has 2 aliphatic rings. The van der Waals surface area contributed by atoms with Crippen LogP contribution in [0.15, 0.2) is 0 Å². The zero-order chi connectivity index (χ0) is 12.3. The van der Waals surface area contributed by atoms with E-state index in [2.05, 4.69) is 4.90 Å². The smallest absolute Gasteiger partial charge is 0.334 e. The van der Waals surface area contributed by atoms with Gasteiger partial charge in [0.15, 0.2) is 0 Å². The summed E-state index contributed by atoms with van der Waals surface area (Å²) >= 11 is 0. The molecule has 17 heavy (non-hydrogen) atoms. The Kier molecular flexibility index (Phi) is 4.40. The third-order valence-corrected chi connectivity index (χ3v) is 4.01. The van der Waals surface area contributed by atoms with E-state index in [0.717, 1.165) is 6.42 Å². The fraction of sp³-hybridized carbons (Fsp3) is 0.923. The van der Waals surface area contributed by atoms with Crippen molar-refractivity contribution >= 4 is 5.97 Å².